The number of carbonyl (C=O) groups is 2. The van der Waals surface area contributed by atoms with Crippen molar-refractivity contribution in [3.05, 3.63) is 0 Å². The number of halogens is 3. The van der Waals surface area contributed by atoms with E-state index in [9.17, 15) is 22.8 Å². The van der Waals surface area contributed by atoms with Crippen molar-refractivity contribution >= 4 is 11.9 Å². The number of amides is 1. The Hall–Kier alpha value is -1.31. The number of likely N-dealkylation sites (tertiary alicyclic amines) is 1. The summed E-state index contributed by atoms with van der Waals surface area (Å²) < 4.78 is 37.9. The highest BCUT2D eigenvalue weighted by molar-refractivity contribution is 5.91. The molecule has 18 heavy (non-hydrogen) atoms. The van der Waals surface area contributed by atoms with Gasteiger partial charge in [0.05, 0.1) is 0 Å². The van der Waals surface area contributed by atoms with Crippen LogP contribution in [0.15, 0.2) is 0 Å². The fourth-order valence-corrected chi connectivity index (χ4v) is 1.97. The van der Waals surface area contributed by atoms with E-state index >= 15 is 0 Å². The Kier molecular flexibility index (Phi) is 3.62. The third-order valence-electron chi connectivity index (χ3n) is 3.25. The van der Waals surface area contributed by atoms with Crippen molar-refractivity contribution in [2.45, 2.75) is 38.0 Å². The van der Waals surface area contributed by atoms with Crippen molar-refractivity contribution in [2.24, 2.45) is 11.7 Å². The summed E-state index contributed by atoms with van der Waals surface area (Å²) in [4.78, 5) is 23.5. The highest BCUT2D eigenvalue weighted by Crippen LogP contribution is 2.33. The Balaban J connectivity index is 3.01. The summed E-state index contributed by atoms with van der Waals surface area (Å²) in [6, 6.07) is -1.25. The third kappa shape index (κ3) is 2.29. The van der Waals surface area contributed by atoms with E-state index in [-0.39, 0.29) is 6.54 Å². The van der Waals surface area contributed by atoms with Crippen molar-refractivity contribution in [3.8, 4) is 0 Å². The lowest BCUT2D eigenvalue weighted by Gasteiger charge is -2.33. The second-order valence-corrected chi connectivity index (χ2v) is 4.75. The van der Waals surface area contributed by atoms with Gasteiger partial charge in [0.2, 0.25) is 0 Å². The molecule has 3 atom stereocenters. The fourth-order valence-electron chi connectivity index (χ4n) is 1.97. The molecule has 1 fully saturated rings. The van der Waals surface area contributed by atoms with Crippen LogP contribution in [0.5, 0.6) is 0 Å². The van der Waals surface area contributed by atoms with Gasteiger partial charge in [-0.25, -0.2) is 4.79 Å². The van der Waals surface area contributed by atoms with E-state index in [0.717, 1.165) is 0 Å². The van der Waals surface area contributed by atoms with Crippen LogP contribution in [0.2, 0.25) is 0 Å². The maximum Gasteiger partial charge on any atom is 0.415 e. The quantitative estimate of drug-likeness (QED) is 0.767. The fraction of sp³-hybridized carbons (Fsp3) is 0.800. The molecule has 0 aromatic rings. The number of rotatable bonds is 2. The number of carboxylic acid groups (broad SMARTS) is 1. The van der Waals surface area contributed by atoms with Crippen LogP contribution in [0.3, 0.4) is 0 Å². The molecule has 5 nitrogen and oxygen atoms in total. The number of aliphatic carboxylic acids is 1. The van der Waals surface area contributed by atoms with Crippen LogP contribution in [-0.2, 0) is 9.59 Å². The van der Waals surface area contributed by atoms with Gasteiger partial charge in [-0.3, -0.25) is 4.79 Å². The normalized spacial score (nSPS) is 28.0. The lowest BCUT2D eigenvalue weighted by molar-refractivity contribution is -0.195. The standard InChI is InChI=1S/C10H15F3N2O3/c1-5-3-4-15(6(5)7(16)17)8(18)9(2,14)10(11,12)13/h5-6H,3-4,14H2,1-2H3,(H,16,17). The molecule has 1 rings (SSSR count). The molecular formula is C10H15F3N2O3. The Bertz CT molecular complexity index is 368. The van der Waals surface area contributed by atoms with Gasteiger partial charge in [0, 0.05) is 6.54 Å². The molecular weight excluding hydrogens is 253 g/mol. The number of hydrogen-bond acceptors (Lipinski definition) is 3. The minimum Gasteiger partial charge on any atom is -0.480 e. The zero-order valence-electron chi connectivity index (χ0n) is 9.99. The van der Waals surface area contributed by atoms with Crippen LogP contribution in [0.4, 0.5) is 13.2 Å². The first-order valence-corrected chi connectivity index (χ1v) is 5.39. The summed E-state index contributed by atoms with van der Waals surface area (Å²) >= 11 is 0. The first-order valence-electron chi connectivity index (χ1n) is 5.39. The van der Waals surface area contributed by atoms with E-state index in [4.69, 9.17) is 10.8 Å². The predicted molar refractivity (Wildman–Crippen MR) is 55.6 cm³/mol. The molecule has 1 aliphatic heterocycles. The highest BCUT2D eigenvalue weighted by Gasteiger charge is 2.57. The van der Waals surface area contributed by atoms with Gasteiger partial charge in [0.25, 0.3) is 5.91 Å². The molecule has 0 saturated carbocycles. The minimum atomic E-state index is -4.92. The molecule has 1 amide bonds. The molecule has 3 N–H and O–H groups in total. The summed E-state index contributed by atoms with van der Waals surface area (Å²) in [5, 5.41) is 8.96. The summed E-state index contributed by atoms with van der Waals surface area (Å²) in [7, 11) is 0. The van der Waals surface area contributed by atoms with Crippen molar-refractivity contribution < 1.29 is 27.9 Å². The Morgan fingerprint density at radius 3 is 2.28 bits per heavy atom. The summed E-state index contributed by atoms with van der Waals surface area (Å²) in [5.41, 5.74) is 1.95. The number of carboxylic acids is 1. The molecule has 0 bridgehead atoms. The molecule has 0 radical (unpaired) electrons. The van der Waals surface area contributed by atoms with Gasteiger partial charge in [-0.05, 0) is 19.3 Å². The lowest BCUT2D eigenvalue weighted by atomic mass is 9.99. The van der Waals surface area contributed by atoms with Crippen molar-refractivity contribution in [1.29, 1.82) is 0 Å². The van der Waals surface area contributed by atoms with Crippen LogP contribution in [-0.4, -0.2) is 46.2 Å². The summed E-state index contributed by atoms with van der Waals surface area (Å²) in [5.74, 6) is -3.10. The summed E-state index contributed by atoms with van der Waals surface area (Å²) in [6.07, 6.45) is -4.57. The van der Waals surface area contributed by atoms with Crippen LogP contribution < -0.4 is 5.73 Å². The molecule has 3 unspecified atom stereocenters. The number of alkyl halides is 3. The number of nitrogens with two attached hydrogens (primary N) is 1. The molecule has 1 heterocycles. The van der Waals surface area contributed by atoms with Crippen LogP contribution in [0.25, 0.3) is 0 Å². The number of hydrogen-bond donors (Lipinski definition) is 2. The number of nitrogens with zero attached hydrogens (tertiary/aromatic N) is 1. The average Bonchev–Trinajstić information content (AvgIpc) is 2.57. The minimum absolute atomic E-state index is 0.0279. The average molecular weight is 268 g/mol. The van der Waals surface area contributed by atoms with Gasteiger partial charge in [0.15, 0.2) is 5.54 Å². The second-order valence-electron chi connectivity index (χ2n) is 4.75. The first kappa shape index (κ1) is 14.7. The molecule has 8 heteroatoms. The molecule has 0 aromatic carbocycles. The molecule has 1 aliphatic rings. The lowest BCUT2D eigenvalue weighted by Crippen LogP contribution is -2.63. The number of carbonyl (C=O) groups excluding carboxylic acids is 1. The van der Waals surface area contributed by atoms with Crippen molar-refractivity contribution in [2.75, 3.05) is 6.54 Å². The van der Waals surface area contributed by atoms with Gasteiger partial charge in [-0.1, -0.05) is 6.92 Å². The van der Waals surface area contributed by atoms with Gasteiger partial charge < -0.3 is 15.7 Å². The maximum atomic E-state index is 12.6. The Labute approximate surface area is 102 Å². The van der Waals surface area contributed by atoms with Gasteiger partial charge in [-0.15, -0.1) is 0 Å². The van der Waals surface area contributed by atoms with Crippen molar-refractivity contribution in [3.63, 3.8) is 0 Å². The molecule has 0 aromatic heterocycles. The SMILES string of the molecule is CC1CCN(C(=O)C(C)(N)C(F)(F)F)C1C(=O)O. The predicted octanol–water partition coefficient (Wildman–Crippen LogP) is 0.588. The highest BCUT2D eigenvalue weighted by atomic mass is 19.4. The van der Waals surface area contributed by atoms with E-state index < -0.39 is 35.6 Å². The monoisotopic (exact) mass is 268 g/mol. The van der Waals surface area contributed by atoms with Crippen LogP contribution >= 0.6 is 0 Å². The Morgan fingerprint density at radius 1 is 1.39 bits per heavy atom. The maximum absolute atomic E-state index is 12.6. The Morgan fingerprint density at radius 2 is 1.89 bits per heavy atom. The van der Waals surface area contributed by atoms with E-state index in [1.165, 1.54) is 0 Å². The largest absolute Gasteiger partial charge is 0.480 e. The molecule has 0 aliphatic carbocycles. The van der Waals surface area contributed by atoms with E-state index in [0.29, 0.717) is 18.2 Å². The molecule has 1 saturated heterocycles. The van der Waals surface area contributed by atoms with Gasteiger partial charge in [0.1, 0.15) is 6.04 Å². The third-order valence-corrected chi connectivity index (χ3v) is 3.25. The second kappa shape index (κ2) is 4.42. The van der Waals surface area contributed by atoms with E-state index in [1.807, 2.05) is 0 Å². The van der Waals surface area contributed by atoms with E-state index in [2.05, 4.69) is 0 Å². The van der Waals surface area contributed by atoms with Crippen molar-refractivity contribution in [1.82, 2.24) is 4.90 Å². The topological polar surface area (TPSA) is 83.6 Å². The zero-order valence-corrected chi connectivity index (χ0v) is 9.99. The van der Waals surface area contributed by atoms with E-state index in [1.54, 1.807) is 6.92 Å². The van der Waals surface area contributed by atoms with Crippen LogP contribution in [0.1, 0.15) is 20.3 Å². The summed E-state index contributed by atoms with van der Waals surface area (Å²) in [6.45, 7) is 2.10. The van der Waals surface area contributed by atoms with Crippen LogP contribution in [0, 0.1) is 5.92 Å². The van der Waals surface area contributed by atoms with Gasteiger partial charge in [-0.2, -0.15) is 13.2 Å². The first-order chi connectivity index (χ1) is 8.00. The molecule has 104 valence electrons. The van der Waals surface area contributed by atoms with Gasteiger partial charge >= 0.3 is 12.1 Å². The molecule has 0 spiro atoms. The zero-order chi connectivity index (χ0) is 14.3. The smallest absolute Gasteiger partial charge is 0.415 e.